The highest BCUT2D eigenvalue weighted by Crippen LogP contribution is 2.24. The molecule has 2 aromatic rings. The molecule has 0 fully saturated rings. The number of carbonyl (C=O) groups excluding carboxylic acids is 2. The van der Waals surface area contributed by atoms with Crippen molar-refractivity contribution >= 4 is 11.8 Å². The molecular formula is C18H21N3O4. The first kappa shape index (κ1) is 16.9. The van der Waals surface area contributed by atoms with Crippen molar-refractivity contribution < 1.29 is 19.1 Å². The zero-order valence-corrected chi connectivity index (χ0v) is 14.5. The lowest BCUT2D eigenvalue weighted by Crippen LogP contribution is -2.53. The second-order valence-corrected chi connectivity index (χ2v) is 5.87. The van der Waals surface area contributed by atoms with Gasteiger partial charge in [-0.25, -0.2) is 0 Å². The molecule has 1 N–H and O–H groups in total. The van der Waals surface area contributed by atoms with Crippen molar-refractivity contribution in [3.05, 3.63) is 47.8 Å². The number of fused-ring (bicyclic) bond motifs is 1. The molecule has 0 saturated carbocycles. The third-order valence-corrected chi connectivity index (χ3v) is 4.45. The molecule has 2 heterocycles. The maximum Gasteiger partial charge on any atom is 0.270 e. The van der Waals surface area contributed by atoms with E-state index < -0.39 is 6.04 Å². The third-order valence-electron chi connectivity index (χ3n) is 4.45. The molecule has 1 aliphatic rings. The number of nitrogens with one attached hydrogen (secondary N) is 1. The van der Waals surface area contributed by atoms with Crippen LogP contribution in [0.5, 0.6) is 11.5 Å². The van der Waals surface area contributed by atoms with Crippen molar-refractivity contribution in [3.8, 4) is 11.5 Å². The highest BCUT2D eigenvalue weighted by molar-refractivity contribution is 5.97. The van der Waals surface area contributed by atoms with Gasteiger partial charge in [0.1, 0.15) is 23.2 Å². The van der Waals surface area contributed by atoms with Crippen LogP contribution in [0, 0.1) is 0 Å². The van der Waals surface area contributed by atoms with Crippen LogP contribution in [0.15, 0.2) is 36.5 Å². The molecule has 2 amide bonds. The van der Waals surface area contributed by atoms with Gasteiger partial charge >= 0.3 is 0 Å². The van der Waals surface area contributed by atoms with E-state index in [4.69, 9.17) is 9.47 Å². The molecule has 7 nitrogen and oxygen atoms in total. The Labute approximate surface area is 146 Å². The van der Waals surface area contributed by atoms with E-state index in [0.29, 0.717) is 23.7 Å². The number of hydrogen-bond acceptors (Lipinski definition) is 4. The van der Waals surface area contributed by atoms with Gasteiger partial charge in [-0.3, -0.25) is 9.59 Å². The number of carbonyl (C=O) groups is 2. The van der Waals surface area contributed by atoms with Crippen molar-refractivity contribution in [1.29, 1.82) is 0 Å². The summed E-state index contributed by atoms with van der Waals surface area (Å²) in [6.45, 7) is 0.724. The number of hydrogen-bond donors (Lipinski definition) is 1. The Bertz CT molecular complexity index is 799. The molecule has 3 rings (SSSR count). The summed E-state index contributed by atoms with van der Waals surface area (Å²) < 4.78 is 12.3. The molecule has 0 spiro atoms. The Morgan fingerprint density at radius 1 is 1.28 bits per heavy atom. The van der Waals surface area contributed by atoms with Crippen LogP contribution in [0.2, 0.25) is 0 Å². The van der Waals surface area contributed by atoms with Gasteiger partial charge in [-0.2, -0.15) is 0 Å². The Balaban J connectivity index is 1.72. The molecule has 0 bridgehead atoms. The lowest BCUT2D eigenvalue weighted by Gasteiger charge is -2.32. The van der Waals surface area contributed by atoms with E-state index in [1.807, 2.05) is 18.3 Å². The maximum absolute atomic E-state index is 12.6. The van der Waals surface area contributed by atoms with Gasteiger partial charge in [0, 0.05) is 25.4 Å². The minimum Gasteiger partial charge on any atom is -0.497 e. The quantitative estimate of drug-likeness (QED) is 0.888. The Kier molecular flexibility index (Phi) is 4.65. The van der Waals surface area contributed by atoms with E-state index in [-0.39, 0.29) is 18.4 Å². The van der Waals surface area contributed by atoms with Gasteiger partial charge < -0.3 is 24.3 Å². The van der Waals surface area contributed by atoms with Crippen LogP contribution in [0.1, 0.15) is 16.1 Å². The first-order valence-electron chi connectivity index (χ1n) is 7.96. The smallest absolute Gasteiger partial charge is 0.270 e. The molecule has 7 heteroatoms. The zero-order valence-electron chi connectivity index (χ0n) is 14.5. The number of rotatable bonds is 5. The van der Waals surface area contributed by atoms with Crippen LogP contribution in [0.25, 0.3) is 0 Å². The summed E-state index contributed by atoms with van der Waals surface area (Å²) in [5.74, 6) is 0.990. The molecule has 1 atom stereocenters. The fourth-order valence-electron chi connectivity index (χ4n) is 2.98. The summed E-state index contributed by atoms with van der Waals surface area (Å²) >= 11 is 0. The van der Waals surface area contributed by atoms with Crippen LogP contribution < -0.4 is 14.8 Å². The summed E-state index contributed by atoms with van der Waals surface area (Å²) in [5.41, 5.74) is 1.41. The van der Waals surface area contributed by atoms with Crippen LogP contribution in [0.4, 0.5) is 0 Å². The lowest BCUT2D eigenvalue weighted by atomic mass is 10.1. The molecule has 1 aromatic carbocycles. The average Bonchev–Trinajstić information content (AvgIpc) is 3.11. The summed E-state index contributed by atoms with van der Waals surface area (Å²) in [6.07, 6.45) is 1.81. The predicted octanol–water partition coefficient (Wildman–Crippen LogP) is 1.28. The SMILES string of the molecule is COc1ccc(OC)c(CNC(=O)C2Cn3cccc3C(=O)N2C)c1. The van der Waals surface area contributed by atoms with E-state index in [2.05, 4.69) is 5.32 Å². The Hall–Kier alpha value is -2.96. The topological polar surface area (TPSA) is 72.8 Å². The van der Waals surface area contributed by atoms with Gasteiger partial charge in [0.25, 0.3) is 5.91 Å². The number of nitrogens with zero attached hydrogens (tertiary/aromatic N) is 2. The number of aromatic nitrogens is 1. The summed E-state index contributed by atoms with van der Waals surface area (Å²) in [7, 11) is 4.81. The van der Waals surface area contributed by atoms with Gasteiger partial charge in [0.05, 0.1) is 20.8 Å². The third kappa shape index (κ3) is 3.17. The number of likely N-dealkylation sites (N-methyl/N-ethyl adjacent to an activating group) is 1. The number of benzene rings is 1. The van der Waals surface area contributed by atoms with Crippen molar-refractivity contribution in [1.82, 2.24) is 14.8 Å². The molecule has 1 unspecified atom stereocenters. The standard InChI is InChI=1S/C18H21N3O4/c1-20-15(11-21-8-4-5-14(21)18(20)23)17(22)19-10-12-9-13(24-2)6-7-16(12)25-3/h4-9,15H,10-11H2,1-3H3,(H,19,22). The average molecular weight is 343 g/mol. The fraction of sp³-hybridized carbons (Fsp3) is 0.333. The van der Waals surface area contributed by atoms with Crippen LogP contribution in [-0.4, -0.2) is 48.6 Å². The highest BCUT2D eigenvalue weighted by atomic mass is 16.5. The predicted molar refractivity (Wildman–Crippen MR) is 91.7 cm³/mol. The summed E-state index contributed by atoms with van der Waals surface area (Å²) in [5, 5.41) is 2.89. The minimum atomic E-state index is -0.552. The highest BCUT2D eigenvalue weighted by Gasteiger charge is 2.33. The fourth-order valence-corrected chi connectivity index (χ4v) is 2.98. The van der Waals surface area contributed by atoms with Crippen molar-refractivity contribution in [3.63, 3.8) is 0 Å². The molecule has 25 heavy (non-hydrogen) atoms. The van der Waals surface area contributed by atoms with Crippen molar-refractivity contribution in [2.45, 2.75) is 19.1 Å². The van der Waals surface area contributed by atoms with Gasteiger partial charge in [-0.1, -0.05) is 0 Å². The Morgan fingerprint density at radius 2 is 2.08 bits per heavy atom. The zero-order chi connectivity index (χ0) is 18.0. The summed E-state index contributed by atoms with van der Waals surface area (Å²) in [4.78, 5) is 26.4. The van der Waals surface area contributed by atoms with E-state index >= 15 is 0 Å². The first-order chi connectivity index (χ1) is 12.0. The second-order valence-electron chi connectivity index (χ2n) is 5.87. The van der Waals surface area contributed by atoms with E-state index in [1.54, 1.807) is 44.0 Å². The molecule has 0 saturated heterocycles. The molecule has 1 aromatic heterocycles. The summed E-state index contributed by atoms with van der Waals surface area (Å²) in [6, 6.07) is 8.42. The van der Waals surface area contributed by atoms with Crippen molar-refractivity contribution in [2.24, 2.45) is 0 Å². The first-order valence-corrected chi connectivity index (χ1v) is 7.96. The number of methoxy groups -OCH3 is 2. The molecule has 1 aliphatic heterocycles. The molecule has 0 radical (unpaired) electrons. The van der Waals surface area contributed by atoms with E-state index in [0.717, 1.165) is 5.56 Å². The molecule has 132 valence electrons. The van der Waals surface area contributed by atoms with Gasteiger partial charge in [0.2, 0.25) is 5.91 Å². The molecular weight excluding hydrogens is 322 g/mol. The number of ether oxygens (including phenoxy) is 2. The number of amides is 2. The van der Waals surface area contributed by atoms with Crippen LogP contribution in [0.3, 0.4) is 0 Å². The Morgan fingerprint density at radius 3 is 2.80 bits per heavy atom. The van der Waals surface area contributed by atoms with Crippen LogP contribution in [-0.2, 0) is 17.9 Å². The largest absolute Gasteiger partial charge is 0.497 e. The lowest BCUT2D eigenvalue weighted by molar-refractivity contribution is -0.126. The maximum atomic E-state index is 12.6. The normalized spacial score (nSPS) is 16.4. The minimum absolute atomic E-state index is 0.157. The van der Waals surface area contributed by atoms with Gasteiger partial charge in [-0.15, -0.1) is 0 Å². The van der Waals surface area contributed by atoms with Crippen molar-refractivity contribution in [2.75, 3.05) is 21.3 Å². The second kappa shape index (κ2) is 6.88. The van der Waals surface area contributed by atoms with Gasteiger partial charge in [0.15, 0.2) is 0 Å². The monoisotopic (exact) mass is 343 g/mol. The van der Waals surface area contributed by atoms with E-state index in [1.165, 1.54) is 4.90 Å². The molecule has 0 aliphatic carbocycles. The van der Waals surface area contributed by atoms with Crippen LogP contribution >= 0.6 is 0 Å². The van der Waals surface area contributed by atoms with E-state index in [9.17, 15) is 9.59 Å². The van der Waals surface area contributed by atoms with Gasteiger partial charge in [-0.05, 0) is 30.3 Å².